The van der Waals surface area contributed by atoms with Crippen molar-refractivity contribution < 1.29 is 14.1 Å². The molecule has 1 aromatic heterocycles. The van der Waals surface area contributed by atoms with Crippen LogP contribution >= 0.6 is 0 Å². The molecule has 0 bridgehead atoms. The van der Waals surface area contributed by atoms with Crippen molar-refractivity contribution in [3.63, 3.8) is 0 Å². The number of aromatic nitrogens is 1. The zero-order chi connectivity index (χ0) is 15.2. The molecule has 0 aliphatic rings. The van der Waals surface area contributed by atoms with Crippen LogP contribution in [0.2, 0.25) is 0 Å². The molecule has 0 atom stereocenters. The SMILES string of the molecule is CC(=O)CC(=O)Nc1c(C)noc1C=Cc1ccccc1. The van der Waals surface area contributed by atoms with Crippen molar-refractivity contribution in [2.24, 2.45) is 0 Å². The predicted octanol–water partition coefficient (Wildman–Crippen LogP) is 3.07. The molecule has 0 saturated heterocycles. The average molecular weight is 284 g/mol. The number of aryl methyl sites for hydroxylation is 1. The highest BCUT2D eigenvalue weighted by Crippen LogP contribution is 2.22. The molecular weight excluding hydrogens is 268 g/mol. The molecular formula is C16H16N2O3. The van der Waals surface area contributed by atoms with Gasteiger partial charge in [0.05, 0.1) is 6.42 Å². The third-order valence-corrected chi connectivity index (χ3v) is 2.79. The number of ketones is 1. The molecule has 0 aliphatic heterocycles. The maximum absolute atomic E-state index is 11.7. The molecule has 5 nitrogen and oxygen atoms in total. The average Bonchev–Trinajstić information content (AvgIpc) is 2.78. The number of nitrogens with one attached hydrogen (secondary N) is 1. The van der Waals surface area contributed by atoms with Crippen LogP contribution in [0.15, 0.2) is 34.9 Å². The van der Waals surface area contributed by atoms with E-state index in [-0.39, 0.29) is 18.1 Å². The van der Waals surface area contributed by atoms with Crippen molar-refractivity contribution in [1.29, 1.82) is 0 Å². The molecule has 108 valence electrons. The molecule has 1 amide bonds. The van der Waals surface area contributed by atoms with Crippen LogP contribution in [0.3, 0.4) is 0 Å². The Balaban J connectivity index is 2.16. The first-order valence-corrected chi connectivity index (χ1v) is 6.55. The lowest BCUT2D eigenvalue weighted by Gasteiger charge is -2.02. The summed E-state index contributed by atoms with van der Waals surface area (Å²) in [6.07, 6.45) is 3.44. The summed E-state index contributed by atoms with van der Waals surface area (Å²) < 4.78 is 5.19. The fraction of sp³-hybridized carbons (Fsp3) is 0.188. The van der Waals surface area contributed by atoms with Gasteiger partial charge in [0.1, 0.15) is 17.2 Å². The highest BCUT2D eigenvalue weighted by Gasteiger charge is 2.14. The fourth-order valence-corrected chi connectivity index (χ4v) is 1.80. The monoisotopic (exact) mass is 284 g/mol. The molecule has 0 fully saturated rings. The number of rotatable bonds is 5. The minimum Gasteiger partial charge on any atom is -0.354 e. The number of hydrogen-bond donors (Lipinski definition) is 1. The Hall–Kier alpha value is -2.69. The van der Waals surface area contributed by atoms with Gasteiger partial charge >= 0.3 is 0 Å². The van der Waals surface area contributed by atoms with Crippen LogP contribution in [0, 0.1) is 6.92 Å². The Morgan fingerprint density at radius 2 is 1.95 bits per heavy atom. The Morgan fingerprint density at radius 1 is 1.24 bits per heavy atom. The Morgan fingerprint density at radius 3 is 2.62 bits per heavy atom. The lowest BCUT2D eigenvalue weighted by atomic mass is 10.2. The first kappa shape index (κ1) is 14.7. The van der Waals surface area contributed by atoms with E-state index in [1.165, 1.54) is 6.92 Å². The smallest absolute Gasteiger partial charge is 0.231 e. The van der Waals surface area contributed by atoms with E-state index < -0.39 is 0 Å². The molecule has 0 aliphatic carbocycles. The van der Waals surface area contributed by atoms with Crippen LogP contribution in [0.25, 0.3) is 12.2 Å². The number of hydrogen-bond acceptors (Lipinski definition) is 4. The summed E-state index contributed by atoms with van der Waals surface area (Å²) in [7, 11) is 0. The van der Waals surface area contributed by atoms with Crippen molar-refractivity contribution in [2.75, 3.05) is 5.32 Å². The van der Waals surface area contributed by atoms with Crippen LogP contribution < -0.4 is 5.32 Å². The van der Waals surface area contributed by atoms with Crippen LogP contribution in [-0.2, 0) is 9.59 Å². The third-order valence-electron chi connectivity index (χ3n) is 2.79. The van der Waals surface area contributed by atoms with Crippen molar-refractivity contribution in [2.45, 2.75) is 20.3 Å². The van der Waals surface area contributed by atoms with Crippen LogP contribution in [0.4, 0.5) is 5.69 Å². The summed E-state index contributed by atoms with van der Waals surface area (Å²) in [4.78, 5) is 22.6. The second-order valence-electron chi connectivity index (χ2n) is 4.68. The van der Waals surface area contributed by atoms with E-state index in [9.17, 15) is 9.59 Å². The summed E-state index contributed by atoms with van der Waals surface area (Å²) in [6, 6.07) is 9.70. The summed E-state index contributed by atoms with van der Waals surface area (Å²) in [5.74, 6) is -0.112. The van der Waals surface area contributed by atoms with Crippen molar-refractivity contribution >= 4 is 29.5 Å². The van der Waals surface area contributed by atoms with Crippen LogP contribution in [-0.4, -0.2) is 16.8 Å². The molecule has 1 N–H and O–H groups in total. The van der Waals surface area contributed by atoms with Gasteiger partial charge < -0.3 is 9.84 Å². The summed E-state index contributed by atoms with van der Waals surface area (Å²) in [6.45, 7) is 3.10. The number of benzene rings is 1. The van der Waals surface area contributed by atoms with E-state index >= 15 is 0 Å². The van der Waals surface area contributed by atoms with Crippen molar-refractivity contribution in [3.05, 3.63) is 47.3 Å². The highest BCUT2D eigenvalue weighted by atomic mass is 16.5. The molecule has 0 radical (unpaired) electrons. The predicted molar refractivity (Wildman–Crippen MR) is 80.5 cm³/mol. The van der Waals surface area contributed by atoms with E-state index in [0.717, 1.165) is 5.56 Å². The molecule has 1 aromatic carbocycles. The van der Waals surface area contributed by atoms with Gasteiger partial charge in [0.25, 0.3) is 0 Å². The quantitative estimate of drug-likeness (QED) is 0.856. The molecule has 0 unspecified atom stereocenters. The first-order valence-electron chi connectivity index (χ1n) is 6.55. The number of nitrogens with zero attached hydrogens (tertiary/aromatic N) is 1. The highest BCUT2D eigenvalue weighted by molar-refractivity contribution is 6.04. The molecule has 21 heavy (non-hydrogen) atoms. The van der Waals surface area contributed by atoms with Crippen molar-refractivity contribution in [3.8, 4) is 0 Å². The Labute approximate surface area is 122 Å². The van der Waals surface area contributed by atoms with Gasteiger partial charge in [-0.1, -0.05) is 41.6 Å². The normalized spacial score (nSPS) is 10.8. The molecule has 2 aromatic rings. The second-order valence-corrected chi connectivity index (χ2v) is 4.68. The fourth-order valence-electron chi connectivity index (χ4n) is 1.80. The van der Waals surface area contributed by atoms with Crippen LogP contribution in [0.5, 0.6) is 0 Å². The minimum absolute atomic E-state index is 0.160. The first-order chi connectivity index (χ1) is 10.1. The largest absolute Gasteiger partial charge is 0.354 e. The topological polar surface area (TPSA) is 72.2 Å². The molecule has 1 heterocycles. The van der Waals surface area contributed by atoms with E-state index in [0.29, 0.717) is 17.1 Å². The maximum atomic E-state index is 11.7. The summed E-state index contributed by atoms with van der Waals surface area (Å²) >= 11 is 0. The van der Waals surface area contributed by atoms with E-state index in [1.807, 2.05) is 36.4 Å². The van der Waals surface area contributed by atoms with Gasteiger partial charge in [0, 0.05) is 0 Å². The van der Waals surface area contributed by atoms with Crippen LogP contribution in [0.1, 0.15) is 30.4 Å². The number of amides is 1. The van der Waals surface area contributed by atoms with E-state index in [2.05, 4.69) is 10.5 Å². The standard InChI is InChI=1S/C16H16N2O3/c1-11(19)10-15(20)17-16-12(2)18-21-14(16)9-8-13-6-4-3-5-7-13/h3-9H,10H2,1-2H3,(H,17,20). The zero-order valence-corrected chi connectivity index (χ0v) is 11.9. The van der Waals surface area contributed by atoms with Crippen molar-refractivity contribution in [1.82, 2.24) is 5.16 Å². The summed E-state index contributed by atoms with van der Waals surface area (Å²) in [5.41, 5.74) is 2.07. The maximum Gasteiger partial charge on any atom is 0.231 e. The van der Waals surface area contributed by atoms with Gasteiger partial charge in [0.2, 0.25) is 5.91 Å². The summed E-state index contributed by atoms with van der Waals surface area (Å²) in [5, 5.41) is 6.49. The number of carbonyl (C=O) groups is 2. The van der Waals surface area contributed by atoms with Gasteiger partial charge in [0.15, 0.2) is 5.76 Å². The molecule has 0 spiro atoms. The lowest BCUT2D eigenvalue weighted by molar-refractivity contribution is -0.124. The number of anilines is 1. The Kier molecular flexibility index (Phi) is 4.66. The number of Topliss-reactive ketones (excluding diaryl/α,β-unsaturated/α-hetero) is 1. The van der Waals surface area contributed by atoms with Gasteiger partial charge in [-0.25, -0.2) is 0 Å². The zero-order valence-electron chi connectivity index (χ0n) is 11.9. The van der Waals surface area contributed by atoms with Gasteiger partial charge in [-0.05, 0) is 25.5 Å². The Bertz CT molecular complexity index is 672. The lowest BCUT2D eigenvalue weighted by Crippen LogP contribution is -2.15. The van der Waals surface area contributed by atoms with Gasteiger partial charge in [-0.2, -0.15) is 0 Å². The molecule has 0 saturated carbocycles. The van der Waals surface area contributed by atoms with E-state index in [4.69, 9.17) is 4.52 Å². The molecule has 2 rings (SSSR count). The van der Waals surface area contributed by atoms with Gasteiger partial charge in [-0.15, -0.1) is 0 Å². The number of carbonyl (C=O) groups excluding carboxylic acids is 2. The second kappa shape index (κ2) is 6.65. The third kappa shape index (κ3) is 4.14. The van der Waals surface area contributed by atoms with Gasteiger partial charge in [-0.3, -0.25) is 9.59 Å². The van der Waals surface area contributed by atoms with E-state index in [1.54, 1.807) is 13.0 Å². The minimum atomic E-state index is -0.372. The molecule has 5 heteroatoms.